The lowest BCUT2D eigenvalue weighted by Crippen LogP contribution is -2.59. The minimum absolute atomic E-state index is 0.148. The molecule has 1 aliphatic carbocycles. The number of fused-ring (bicyclic) bond motifs is 1. The number of hydrogen-bond acceptors (Lipinski definition) is 6. The predicted molar refractivity (Wildman–Crippen MR) is 159 cm³/mol. The summed E-state index contributed by atoms with van der Waals surface area (Å²) in [5, 5.41) is 10.6. The molecule has 2 amide bonds. The molecule has 1 unspecified atom stereocenters. The average Bonchev–Trinajstić information content (AvgIpc) is 2.96. The van der Waals surface area contributed by atoms with Gasteiger partial charge in [0.05, 0.1) is 24.8 Å². The third kappa shape index (κ3) is 6.21. The number of carbonyl (C=O) groups excluding carboxylic acids is 2. The summed E-state index contributed by atoms with van der Waals surface area (Å²) in [4.78, 5) is 35.8. The van der Waals surface area contributed by atoms with E-state index in [1.807, 2.05) is 30.3 Å². The highest BCUT2D eigenvalue weighted by Crippen LogP contribution is 2.47. The highest BCUT2D eigenvalue weighted by molar-refractivity contribution is 7.88. The number of rotatable bonds is 8. The first kappa shape index (κ1) is 29.8. The number of nitrogens with one attached hydrogen (secondary N) is 2. The topological polar surface area (TPSA) is 125 Å². The lowest BCUT2D eigenvalue weighted by atomic mass is 9.76. The molecule has 3 N–H and O–H groups in total. The van der Waals surface area contributed by atoms with E-state index in [1.165, 1.54) is 0 Å². The second-order valence-electron chi connectivity index (χ2n) is 11.3. The van der Waals surface area contributed by atoms with Crippen LogP contribution in [0.5, 0.6) is 5.75 Å². The number of carbonyl (C=O) groups is 2. The minimum Gasteiger partial charge on any atom is -0.507 e. The maximum atomic E-state index is 14.4. The average molecular weight is 592 g/mol. The Kier molecular flexibility index (Phi) is 8.68. The normalized spacial score (nSPS) is 22.5. The zero-order chi connectivity index (χ0) is 30.0. The van der Waals surface area contributed by atoms with Gasteiger partial charge in [0.2, 0.25) is 10.0 Å². The molecule has 9 nitrogen and oxygen atoms in total. The Hall–Kier alpha value is -3.73. The first-order valence-electron chi connectivity index (χ1n) is 14.2. The lowest BCUT2D eigenvalue weighted by Gasteiger charge is -2.49. The van der Waals surface area contributed by atoms with Crippen LogP contribution in [0, 0.1) is 13.8 Å². The third-order valence-corrected chi connectivity index (χ3v) is 8.95. The van der Waals surface area contributed by atoms with Gasteiger partial charge in [-0.2, -0.15) is 0 Å². The number of sulfonamides is 1. The van der Waals surface area contributed by atoms with Crippen LogP contribution in [-0.2, 0) is 26.3 Å². The Morgan fingerprint density at radius 1 is 1.00 bits per heavy atom. The van der Waals surface area contributed by atoms with Crippen LogP contribution < -0.4 is 10.2 Å². The predicted octanol–water partition coefficient (Wildman–Crippen LogP) is 4.40. The van der Waals surface area contributed by atoms with E-state index in [4.69, 9.17) is 4.84 Å². The van der Waals surface area contributed by atoms with Crippen molar-refractivity contribution in [3.05, 3.63) is 100 Å². The van der Waals surface area contributed by atoms with Crippen LogP contribution in [0.15, 0.2) is 66.7 Å². The van der Waals surface area contributed by atoms with E-state index in [2.05, 4.69) is 10.2 Å². The molecule has 0 spiro atoms. The van der Waals surface area contributed by atoms with Crippen LogP contribution in [0.25, 0.3) is 0 Å². The summed E-state index contributed by atoms with van der Waals surface area (Å²) < 4.78 is 27.5. The van der Waals surface area contributed by atoms with Crippen molar-refractivity contribution >= 4 is 21.8 Å². The van der Waals surface area contributed by atoms with Crippen LogP contribution in [-0.4, -0.2) is 48.6 Å². The number of hydroxylamine groups is 1. The van der Waals surface area contributed by atoms with Crippen molar-refractivity contribution in [1.82, 2.24) is 15.1 Å². The van der Waals surface area contributed by atoms with Crippen molar-refractivity contribution in [1.29, 1.82) is 0 Å². The number of aryl methyl sites for hydroxylation is 2. The van der Waals surface area contributed by atoms with Gasteiger partial charge < -0.3 is 10.0 Å². The van der Waals surface area contributed by atoms with E-state index in [9.17, 15) is 23.1 Å². The summed E-state index contributed by atoms with van der Waals surface area (Å²) in [6.45, 7) is 3.72. The van der Waals surface area contributed by atoms with Crippen molar-refractivity contribution in [3.63, 3.8) is 0 Å². The fourth-order valence-electron chi connectivity index (χ4n) is 6.40. The van der Waals surface area contributed by atoms with E-state index in [1.54, 1.807) is 55.1 Å². The molecule has 1 fully saturated rings. The maximum Gasteiger partial charge on any atom is 0.255 e. The number of phenolic OH excluding ortho intramolecular Hbond substituents is 1. The van der Waals surface area contributed by atoms with Crippen LogP contribution in [0.4, 0.5) is 0 Å². The largest absolute Gasteiger partial charge is 0.507 e. The molecule has 4 atom stereocenters. The molecule has 1 aliphatic heterocycles. The summed E-state index contributed by atoms with van der Waals surface area (Å²) in [7, 11) is -3.56. The molecule has 0 radical (unpaired) electrons. The standard InChI is InChI=1S/C32H37N3O6S/c1-20-17-23(18-21(2)30(20)36)29-28(31(37)33-41-19-22-11-5-4-6-12-22)24-13-7-8-14-25(24)32(38)35(29)27-16-10-9-15-26(27)34-42(3,39)40/h4-8,11-14,17-18,26-29,34,36H,9-10,15-16,19H2,1-3H3,(H,33,37)/t26?,27-,28+,29-/m0/s1. The third-order valence-electron chi connectivity index (χ3n) is 8.22. The number of phenols is 1. The van der Waals surface area contributed by atoms with Gasteiger partial charge in [-0.1, -0.05) is 73.5 Å². The molecule has 3 aromatic carbocycles. The van der Waals surface area contributed by atoms with Crippen LogP contribution >= 0.6 is 0 Å². The molecule has 0 bridgehead atoms. The van der Waals surface area contributed by atoms with E-state index in [-0.39, 0.29) is 18.3 Å². The summed E-state index contributed by atoms with van der Waals surface area (Å²) in [6.07, 6.45) is 3.90. The molecule has 42 heavy (non-hydrogen) atoms. The highest BCUT2D eigenvalue weighted by atomic mass is 32.2. The number of hydrogen-bond donors (Lipinski definition) is 3. The first-order chi connectivity index (χ1) is 20.0. The summed E-state index contributed by atoms with van der Waals surface area (Å²) in [5.41, 5.74) is 6.39. The first-order valence-corrected chi connectivity index (χ1v) is 16.1. The minimum atomic E-state index is -3.56. The van der Waals surface area contributed by atoms with Gasteiger partial charge in [0, 0.05) is 17.6 Å². The fraction of sp³-hybridized carbons (Fsp3) is 0.375. The van der Waals surface area contributed by atoms with Crippen molar-refractivity contribution in [2.45, 2.75) is 70.2 Å². The van der Waals surface area contributed by atoms with E-state index >= 15 is 0 Å². The van der Waals surface area contributed by atoms with Crippen LogP contribution in [0.3, 0.4) is 0 Å². The Balaban J connectivity index is 1.62. The quantitative estimate of drug-likeness (QED) is 0.334. The Morgan fingerprint density at radius 2 is 1.64 bits per heavy atom. The molecule has 2 aliphatic rings. The molecular weight excluding hydrogens is 554 g/mol. The van der Waals surface area contributed by atoms with Crippen molar-refractivity contribution in [2.75, 3.05) is 6.26 Å². The SMILES string of the molecule is Cc1cc([C@H]2[C@H](C(=O)NOCc3ccccc3)c3ccccc3C(=O)N2[C@H]2CCCCC2NS(C)(=O)=O)cc(C)c1O. The summed E-state index contributed by atoms with van der Waals surface area (Å²) in [5.74, 6) is -1.40. The van der Waals surface area contributed by atoms with Crippen molar-refractivity contribution in [2.24, 2.45) is 0 Å². The van der Waals surface area contributed by atoms with E-state index in [0.29, 0.717) is 40.7 Å². The van der Waals surface area contributed by atoms with Crippen LogP contribution in [0.2, 0.25) is 0 Å². The van der Waals surface area contributed by atoms with Crippen molar-refractivity contribution < 1.29 is 28.0 Å². The molecule has 0 aromatic heterocycles. The van der Waals surface area contributed by atoms with Gasteiger partial charge in [-0.15, -0.1) is 0 Å². The monoisotopic (exact) mass is 591 g/mol. The Bertz CT molecular complexity index is 1550. The molecule has 3 aromatic rings. The number of amides is 2. The molecular formula is C32H37N3O6S. The molecule has 222 valence electrons. The number of benzene rings is 3. The summed E-state index contributed by atoms with van der Waals surface area (Å²) >= 11 is 0. The lowest BCUT2D eigenvalue weighted by molar-refractivity contribution is -0.138. The summed E-state index contributed by atoms with van der Waals surface area (Å²) in [6, 6.07) is 18.3. The number of nitrogens with zero attached hydrogens (tertiary/aromatic N) is 1. The van der Waals surface area contributed by atoms with E-state index in [0.717, 1.165) is 24.7 Å². The molecule has 5 rings (SSSR count). The van der Waals surface area contributed by atoms with Gasteiger partial charge in [-0.05, 0) is 60.6 Å². The van der Waals surface area contributed by atoms with Gasteiger partial charge in [0.25, 0.3) is 11.8 Å². The zero-order valence-corrected chi connectivity index (χ0v) is 24.9. The van der Waals surface area contributed by atoms with Crippen molar-refractivity contribution in [3.8, 4) is 5.75 Å². The number of aromatic hydroxyl groups is 1. The molecule has 10 heteroatoms. The highest BCUT2D eigenvalue weighted by Gasteiger charge is 2.49. The van der Waals surface area contributed by atoms with Crippen LogP contribution in [0.1, 0.15) is 75.8 Å². The molecule has 1 saturated carbocycles. The zero-order valence-electron chi connectivity index (χ0n) is 24.0. The second-order valence-corrected chi connectivity index (χ2v) is 13.1. The van der Waals surface area contributed by atoms with E-state index < -0.39 is 40.0 Å². The van der Waals surface area contributed by atoms with Gasteiger partial charge >= 0.3 is 0 Å². The molecule has 1 heterocycles. The second kappa shape index (κ2) is 12.2. The Labute approximate surface area is 246 Å². The van der Waals surface area contributed by atoms with Gasteiger partial charge in [0.1, 0.15) is 5.75 Å². The van der Waals surface area contributed by atoms with Gasteiger partial charge in [-0.25, -0.2) is 18.6 Å². The maximum absolute atomic E-state index is 14.4. The Morgan fingerprint density at radius 3 is 2.33 bits per heavy atom. The molecule has 0 saturated heterocycles. The smallest absolute Gasteiger partial charge is 0.255 e. The van der Waals surface area contributed by atoms with Gasteiger partial charge in [-0.3, -0.25) is 14.4 Å². The van der Waals surface area contributed by atoms with Gasteiger partial charge in [0.15, 0.2) is 0 Å². The fourth-order valence-corrected chi connectivity index (χ4v) is 7.22.